The molecule has 0 unspecified atom stereocenters. The highest BCUT2D eigenvalue weighted by Crippen LogP contribution is 2.28. The predicted molar refractivity (Wildman–Crippen MR) is 61.5 cm³/mol. The van der Waals surface area contributed by atoms with Gasteiger partial charge in [-0.1, -0.05) is 43.7 Å². The van der Waals surface area contributed by atoms with E-state index in [-0.39, 0.29) is 11.3 Å². The van der Waals surface area contributed by atoms with Crippen LogP contribution in [0.1, 0.15) is 5.56 Å². The van der Waals surface area contributed by atoms with Crippen LogP contribution >= 0.6 is 31.9 Å². The Morgan fingerprint density at radius 2 is 2.00 bits per heavy atom. The van der Waals surface area contributed by atoms with E-state index in [1.54, 1.807) is 6.07 Å². The van der Waals surface area contributed by atoms with Crippen molar-refractivity contribution in [3.8, 4) is 17.6 Å². The summed E-state index contributed by atoms with van der Waals surface area (Å²) in [6, 6.07) is 4.29. The van der Waals surface area contributed by atoms with Crippen LogP contribution in [0.3, 0.4) is 0 Å². The third kappa shape index (κ3) is 4.45. The van der Waals surface area contributed by atoms with Gasteiger partial charge in [0.1, 0.15) is 5.75 Å². The Hall–Kier alpha value is -0.670. The third-order valence-corrected chi connectivity index (χ3v) is 2.23. The van der Waals surface area contributed by atoms with Crippen LogP contribution in [0.25, 0.3) is 0 Å². The highest BCUT2D eigenvalue weighted by molar-refractivity contribution is 9.10. The normalized spacial score (nSPS) is 10.6. The Labute approximate surface area is 107 Å². The number of alkyl halides is 4. The van der Waals surface area contributed by atoms with Gasteiger partial charge < -0.3 is 4.74 Å². The van der Waals surface area contributed by atoms with Crippen molar-refractivity contribution in [2.24, 2.45) is 0 Å². The topological polar surface area (TPSA) is 9.23 Å². The van der Waals surface area contributed by atoms with Crippen molar-refractivity contribution in [2.75, 3.05) is 5.33 Å². The maximum Gasteiger partial charge on any atom is 0.573 e. The summed E-state index contributed by atoms with van der Waals surface area (Å²) in [6.45, 7) is 0. The lowest BCUT2D eigenvalue weighted by Gasteiger charge is -2.10. The van der Waals surface area contributed by atoms with Gasteiger partial charge in [-0.05, 0) is 18.2 Å². The summed E-state index contributed by atoms with van der Waals surface area (Å²) in [4.78, 5) is 0. The Morgan fingerprint density at radius 1 is 1.31 bits per heavy atom. The molecular formula is C10H5Br2F3O. The minimum absolute atomic E-state index is 0.194. The predicted octanol–water partition coefficient (Wildman–Crippen LogP) is 4.09. The first kappa shape index (κ1) is 13.4. The highest BCUT2D eigenvalue weighted by Gasteiger charge is 2.32. The standard InChI is InChI=1S/C10H5Br2F3O/c11-5-1-2-7-3-4-8(12)6-9(7)16-10(13,14)15/h3-4,6H,5H2. The van der Waals surface area contributed by atoms with E-state index in [2.05, 4.69) is 48.4 Å². The molecule has 16 heavy (non-hydrogen) atoms. The molecule has 0 aliphatic carbocycles. The average Bonchev–Trinajstić information content (AvgIpc) is 2.14. The summed E-state index contributed by atoms with van der Waals surface area (Å²) >= 11 is 6.13. The highest BCUT2D eigenvalue weighted by atomic mass is 79.9. The van der Waals surface area contributed by atoms with Gasteiger partial charge in [0.25, 0.3) is 0 Å². The molecule has 0 saturated carbocycles. The van der Waals surface area contributed by atoms with Gasteiger partial charge in [-0.25, -0.2) is 0 Å². The molecule has 0 aliphatic heterocycles. The van der Waals surface area contributed by atoms with Crippen molar-refractivity contribution < 1.29 is 17.9 Å². The van der Waals surface area contributed by atoms with Crippen LogP contribution in [0.5, 0.6) is 5.75 Å². The Balaban J connectivity index is 3.08. The van der Waals surface area contributed by atoms with E-state index in [0.29, 0.717) is 9.80 Å². The molecule has 0 spiro atoms. The van der Waals surface area contributed by atoms with E-state index in [0.717, 1.165) is 0 Å². The molecule has 0 bridgehead atoms. The maximum atomic E-state index is 12.1. The summed E-state index contributed by atoms with van der Waals surface area (Å²) in [6.07, 6.45) is -4.72. The molecule has 0 aromatic heterocycles. The fourth-order valence-corrected chi connectivity index (χ4v) is 1.42. The van der Waals surface area contributed by atoms with Gasteiger partial charge in [0.2, 0.25) is 0 Å². The summed E-state index contributed by atoms with van der Waals surface area (Å²) in [5, 5.41) is 0.383. The smallest absolute Gasteiger partial charge is 0.404 e. The molecule has 86 valence electrons. The minimum Gasteiger partial charge on any atom is -0.404 e. The molecule has 0 fully saturated rings. The van der Waals surface area contributed by atoms with Crippen LogP contribution in [-0.2, 0) is 0 Å². The van der Waals surface area contributed by atoms with Crippen molar-refractivity contribution in [1.82, 2.24) is 0 Å². The first-order valence-electron chi connectivity index (χ1n) is 4.02. The number of hydrogen-bond acceptors (Lipinski definition) is 1. The lowest BCUT2D eigenvalue weighted by atomic mass is 10.2. The number of rotatable bonds is 1. The molecule has 0 heterocycles. The molecule has 0 amide bonds. The second kappa shape index (κ2) is 5.60. The quantitative estimate of drug-likeness (QED) is 0.543. The first-order chi connectivity index (χ1) is 7.42. The van der Waals surface area contributed by atoms with E-state index in [4.69, 9.17) is 0 Å². The molecule has 1 nitrogen and oxygen atoms in total. The van der Waals surface area contributed by atoms with E-state index in [1.165, 1.54) is 12.1 Å². The Bertz CT molecular complexity index is 432. The van der Waals surface area contributed by atoms with Crippen molar-refractivity contribution in [1.29, 1.82) is 0 Å². The third-order valence-electron chi connectivity index (χ3n) is 1.46. The number of hydrogen-bond donors (Lipinski definition) is 0. The lowest BCUT2D eigenvalue weighted by molar-refractivity contribution is -0.274. The lowest BCUT2D eigenvalue weighted by Crippen LogP contribution is -2.17. The van der Waals surface area contributed by atoms with Crippen molar-refractivity contribution in [3.05, 3.63) is 28.2 Å². The summed E-state index contributed by atoms with van der Waals surface area (Å²) in [7, 11) is 0. The summed E-state index contributed by atoms with van der Waals surface area (Å²) in [5.74, 6) is 4.87. The first-order valence-corrected chi connectivity index (χ1v) is 5.94. The van der Waals surface area contributed by atoms with Crippen LogP contribution in [0, 0.1) is 11.8 Å². The summed E-state index contributed by atoms with van der Waals surface area (Å²) < 4.78 is 40.6. The second-order valence-electron chi connectivity index (χ2n) is 2.62. The molecule has 0 N–H and O–H groups in total. The van der Waals surface area contributed by atoms with Gasteiger partial charge in [0.05, 0.1) is 10.9 Å². The van der Waals surface area contributed by atoms with E-state index in [1.807, 2.05) is 0 Å². The van der Waals surface area contributed by atoms with Gasteiger partial charge in [-0.3, -0.25) is 0 Å². The fourth-order valence-electron chi connectivity index (χ4n) is 0.937. The maximum absolute atomic E-state index is 12.1. The zero-order valence-electron chi connectivity index (χ0n) is 7.74. The van der Waals surface area contributed by atoms with Gasteiger partial charge in [0.15, 0.2) is 0 Å². The van der Waals surface area contributed by atoms with E-state index in [9.17, 15) is 13.2 Å². The van der Waals surface area contributed by atoms with Crippen LogP contribution in [0.15, 0.2) is 22.7 Å². The number of ether oxygens (including phenoxy) is 1. The second-order valence-corrected chi connectivity index (χ2v) is 4.10. The molecule has 6 heteroatoms. The summed E-state index contributed by atoms with van der Waals surface area (Å²) in [5.41, 5.74) is 0.194. The van der Waals surface area contributed by atoms with Crippen molar-refractivity contribution in [2.45, 2.75) is 6.36 Å². The monoisotopic (exact) mass is 356 g/mol. The van der Waals surface area contributed by atoms with E-state index < -0.39 is 6.36 Å². The van der Waals surface area contributed by atoms with E-state index >= 15 is 0 Å². The minimum atomic E-state index is -4.72. The van der Waals surface area contributed by atoms with Gasteiger partial charge in [-0.15, -0.1) is 13.2 Å². The zero-order chi connectivity index (χ0) is 12.2. The molecule has 0 atom stereocenters. The van der Waals surface area contributed by atoms with Gasteiger partial charge >= 0.3 is 6.36 Å². The van der Waals surface area contributed by atoms with Gasteiger partial charge in [-0.2, -0.15) is 0 Å². The SMILES string of the molecule is FC(F)(F)Oc1cc(Br)ccc1C#CCBr. The van der Waals surface area contributed by atoms with Crippen LogP contribution in [0.2, 0.25) is 0 Å². The molecule has 1 aromatic carbocycles. The Kier molecular flexibility index (Phi) is 4.69. The molecule has 0 saturated heterocycles. The molecule has 1 rings (SSSR count). The number of benzene rings is 1. The number of halogens is 5. The van der Waals surface area contributed by atoms with Crippen LogP contribution < -0.4 is 4.74 Å². The van der Waals surface area contributed by atoms with Gasteiger partial charge in [0, 0.05) is 4.47 Å². The Morgan fingerprint density at radius 3 is 2.56 bits per heavy atom. The fraction of sp³-hybridized carbons (Fsp3) is 0.200. The van der Waals surface area contributed by atoms with Crippen LogP contribution in [0.4, 0.5) is 13.2 Å². The largest absolute Gasteiger partial charge is 0.573 e. The molecule has 0 radical (unpaired) electrons. The zero-order valence-corrected chi connectivity index (χ0v) is 10.9. The molecule has 1 aromatic rings. The van der Waals surface area contributed by atoms with Crippen LogP contribution in [-0.4, -0.2) is 11.7 Å². The molecule has 0 aliphatic rings. The van der Waals surface area contributed by atoms with Crippen molar-refractivity contribution >= 4 is 31.9 Å². The molecular weight excluding hydrogens is 353 g/mol. The van der Waals surface area contributed by atoms with Crippen molar-refractivity contribution in [3.63, 3.8) is 0 Å². The average molecular weight is 358 g/mol.